The zero-order valence-corrected chi connectivity index (χ0v) is 17.7. The van der Waals surface area contributed by atoms with Crippen LogP contribution in [-0.4, -0.2) is 0 Å². The van der Waals surface area contributed by atoms with Crippen LogP contribution in [0.15, 0.2) is 72.8 Å². The number of hydrogen-bond donors (Lipinski definition) is 0. The lowest BCUT2D eigenvalue weighted by Crippen LogP contribution is -1.97. The summed E-state index contributed by atoms with van der Waals surface area (Å²) in [6, 6.07) is 27.2. The van der Waals surface area contributed by atoms with Gasteiger partial charge in [-0.1, -0.05) is 113 Å². The lowest BCUT2D eigenvalue weighted by molar-refractivity contribution is 0.560. The normalized spacial score (nSPS) is 12.1. The van der Waals surface area contributed by atoms with E-state index in [9.17, 15) is 0 Å². The van der Waals surface area contributed by atoms with Gasteiger partial charge < -0.3 is 0 Å². The Bertz CT molecular complexity index is 823. The van der Waals surface area contributed by atoms with Crippen molar-refractivity contribution in [3.05, 3.63) is 83.9 Å². The number of benzene rings is 3. The van der Waals surface area contributed by atoms with Crippen molar-refractivity contribution in [3.8, 4) is 22.3 Å². The molecule has 1 atom stereocenters. The van der Waals surface area contributed by atoms with Crippen LogP contribution < -0.4 is 0 Å². The molecule has 146 valence electrons. The summed E-state index contributed by atoms with van der Waals surface area (Å²) in [5, 5.41) is 0. The SMILES string of the molecule is CCCCCc1ccc(-c2ccc(-c3ccc(CC(C)CC)cc3)cc2)cc1. The monoisotopic (exact) mass is 370 g/mol. The Morgan fingerprint density at radius 2 is 1.00 bits per heavy atom. The second-order valence-corrected chi connectivity index (χ2v) is 8.15. The van der Waals surface area contributed by atoms with Gasteiger partial charge in [-0.25, -0.2) is 0 Å². The summed E-state index contributed by atoms with van der Waals surface area (Å²) in [6.07, 6.45) is 7.50. The zero-order valence-electron chi connectivity index (χ0n) is 17.7. The minimum absolute atomic E-state index is 0.753. The predicted octanol–water partition coefficient (Wildman–Crippen LogP) is 8.34. The van der Waals surface area contributed by atoms with E-state index in [4.69, 9.17) is 0 Å². The molecule has 0 fully saturated rings. The first-order valence-corrected chi connectivity index (χ1v) is 11.0. The molecule has 0 saturated carbocycles. The molecule has 0 heterocycles. The molecule has 0 saturated heterocycles. The van der Waals surface area contributed by atoms with E-state index < -0.39 is 0 Å². The highest BCUT2D eigenvalue weighted by Gasteiger charge is 2.04. The van der Waals surface area contributed by atoms with E-state index >= 15 is 0 Å². The van der Waals surface area contributed by atoms with Crippen LogP contribution >= 0.6 is 0 Å². The Morgan fingerprint density at radius 1 is 0.571 bits per heavy atom. The van der Waals surface area contributed by atoms with Gasteiger partial charge in [0.25, 0.3) is 0 Å². The van der Waals surface area contributed by atoms with Gasteiger partial charge in [-0.3, -0.25) is 0 Å². The van der Waals surface area contributed by atoms with Gasteiger partial charge in [0.1, 0.15) is 0 Å². The van der Waals surface area contributed by atoms with E-state index in [1.54, 1.807) is 0 Å². The largest absolute Gasteiger partial charge is 0.0654 e. The molecule has 0 heteroatoms. The summed E-state index contributed by atoms with van der Waals surface area (Å²) in [6.45, 7) is 6.85. The van der Waals surface area contributed by atoms with Gasteiger partial charge in [-0.15, -0.1) is 0 Å². The smallest absolute Gasteiger partial charge is 0.0184 e. The van der Waals surface area contributed by atoms with Gasteiger partial charge in [-0.05, 0) is 58.6 Å². The summed E-state index contributed by atoms with van der Waals surface area (Å²) < 4.78 is 0. The Labute approximate surface area is 171 Å². The molecule has 0 aliphatic rings. The molecule has 1 unspecified atom stereocenters. The average Bonchev–Trinajstić information content (AvgIpc) is 2.75. The van der Waals surface area contributed by atoms with E-state index in [2.05, 4.69) is 93.6 Å². The minimum atomic E-state index is 0.753. The lowest BCUT2D eigenvalue weighted by Gasteiger charge is -2.10. The third-order valence-corrected chi connectivity index (χ3v) is 5.81. The third kappa shape index (κ3) is 5.58. The van der Waals surface area contributed by atoms with Crippen LogP contribution in [0.25, 0.3) is 22.3 Å². The van der Waals surface area contributed by atoms with E-state index in [0.717, 1.165) is 5.92 Å². The maximum atomic E-state index is 2.32. The first-order chi connectivity index (χ1) is 13.7. The number of rotatable bonds is 9. The Kier molecular flexibility index (Phi) is 7.48. The maximum Gasteiger partial charge on any atom is -0.0184 e. The third-order valence-electron chi connectivity index (χ3n) is 5.81. The number of hydrogen-bond acceptors (Lipinski definition) is 0. The van der Waals surface area contributed by atoms with Gasteiger partial charge in [0.05, 0.1) is 0 Å². The molecular weight excluding hydrogens is 336 g/mol. The summed E-state index contributed by atoms with van der Waals surface area (Å²) in [5.74, 6) is 0.753. The Balaban J connectivity index is 1.66. The minimum Gasteiger partial charge on any atom is -0.0654 e. The quantitative estimate of drug-likeness (QED) is 0.332. The van der Waals surface area contributed by atoms with Crippen LogP contribution in [0.2, 0.25) is 0 Å². The molecule has 0 aliphatic heterocycles. The molecule has 28 heavy (non-hydrogen) atoms. The molecular formula is C28H34. The van der Waals surface area contributed by atoms with E-state index in [0.29, 0.717) is 0 Å². The number of unbranched alkanes of at least 4 members (excludes halogenated alkanes) is 2. The summed E-state index contributed by atoms with van der Waals surface area (Å²) >= 11 is 0. The predicted molar refractivity (Wildman–Crippen MR) is 124 cm³/mol. The highest BCUT2D eigenvalue weighted by molar-refractivity contribution is 5.70. The highest BCUT2D eigenvalue weighted by atomic mass is 14.1. The average molecular weight is 371 g/mol. The molecule has 0 N–H and O–H groups in total. The lowest BCUT2D eigenvalue weighted by atomic mass is 9.95. The van der Waals surface area contributed by atoms with Crippen molar-refractivity contribution in [3.63, 3.8) is 0 Å². The molecule has 0 aliphatic carbocycles. The van der Waals surface area contributed by atoms with Crippen molar-refractivity contribution in [2.75, 3.05) is 0 Å². The second kappa shape index (κ2) is 10.3. The fourth-order valence-electron chi connectivity index (χ4n) is 3.68. The van der Waals surface area contributed by atoms with E-state index in [1.165, 1.54) is 71.9 Å². The van der Waals surface area contributed by atoms with E-state index in [-0.39, 0.29) is 0 Å². The van der Waals surface area contributed by atoms with Crippen molar-refractivity contribution in [2.45, 2.75) is 59.3 Å². The molecule has 3 aromatic carbocycles. The standard InChI is InChI=1S/C28H34/c1-4-6-7-8-23-9-13-25(14-10-23)27-17-19-28(20-18-27)26-15-11-24(12-16-26)21-22(3)5-2/h9-20,22H,4-8,21H2,1-3H3. The van der Waals surface area contributed by atoms with Crippen molar-refractivity contribution >= 4 is 0 Å². The van der Waals surface area contributed by atoms with Gasteiger partial charge in [0.2, 0.25) is 0 Å². The first-order valence-electron chi connectivity index (χ1n) is 11.0. The summed E-state index contributed by atoms with van der Waals surface area (Å²) in [5.41, 5.74) is 8.06. The van der Waals surface area contributed by atoms with Gasteiger partial charge >= 0.3 is 0 Å². The molecule has 0 radical (unpaired) electrons. The molecule has 0 aromatic heterocycles. The maximum absolute atomic E-state index is 2.32. The van der Waals surface area contributed by atoms with Crippen molar-refractivity contribution in [2.24, 2.45) is 5.92 Å². The van der Waals surface area contributed by atoms with Crippen molar-refractivity contribution in [1.82, 2.24) is 0 Å². The van der Waals surface area contributed by atoms with E-state index in [1.807, 2.05) is 0 Å². The summed E-state index contributed by atoms with van der Waals surface area (Å²) in [4.78, 5) is 0. The highest BCUT2D eigenvalue weighted by Crippen LogP contribution is 2.26. The van der Waals surface area contributed by atoms with Crippen LogP contribution in [0.1, 0.15) is 57.6 Å². The molecule has 3 rings (SSSR count). The fraction of sp³-hybridized carbons (Fsp3) is 0.357. The van der Waals surface area contributed by atoms with Crippen LogP contribution in [0, 0.1) is 5.92 Å². The first kappa shape index (κ1) is 20.4. The molecule has 0 spiro atoms. The van der Waals surface area contributed by atoms with Crippen molar-refractivity contribution < 1.29 is 0 Å². The fourth-order valence-corrected chi connectivity index (χ4v) is 3.68. The molecule has 0 nitrogen and oxygen atoms in total. The molecule has 3 aromatic rings. The van der Waals surface area contributed by atoms with Crippen molar-refractivity contribution in [1.29, 1.82) is 0 Å². The number of aryl methyl sites for hydroxylation is 1. The zero-order chi connectivity index (χ0) is 19.8. The van der Waals surface area contributed by atoms with Gasteiger partial charge in [0.15, 0.2) is 0 Å². The van der Waals surface area contributed by atoms with Gasteiger partial charge in [-0.2, -0.15) is 0 Å². The second-order valence-electron chi connectivity index (χ2n) is 8.15. The topological polar surface area (TPSA) is 0 Å². The molecule has 0 amide bonds. The Morgan fingerprint density at radius 3 is 1.43 bits per heavy atom. The van der Waals surface area contributed by atoms with Gasteiger partial charge in [0, 0.05) is 0 Å². The summed E-state index contributed by atoms with van der Waals surface area (Å²) in [7, 11) is 0. The molecule has 0 bridgehead atoms. The van der Waals surface area contributed by atoms with Crippen LogP contribution in [0.5, 0.6) is 0 Å². The van der Waals surface area contributed by atoms with Crippen LogP contribution in [0.3, 0.4) is 0 Å². The van der Waals surface area contributed by atoms with Crippen LogP contribution in [-0.2, 0) is 12.8 Å². The Hall–Kier alpha value is -2.34. The van der Waals surface area contributed by atoms with Crippen LogP contribution in [0.4, 0.5) is 0 Å².